The molecule has 0 aliphatic rings. The average molecular weight is 211 g/mol. The largest absolute Gasteiger partial charge is 0.384 e. The van der Waals surface area contributed by atoms with Gasteiger partial charge in [-0.3, -0.25) is 4.68 Å². The standard InChI is InChI=1S/C11H21N3O/c1-10(9-15-3)7-12-11(2)8-14-6-4-5-13-14/h4-6,10-12H,7-9H2,1-3H3. The molecule has 15 heavy (non-hydrogen) atoms. The normalized spacial score (nSPS) is 15.1. The molecule has 0 radical (unpaired) electrons. The first-order chi connectivity index (χ1) is 7.22. The molecule has 1 aromatic heterocycles. The zero-order valence-electron chi connectivity index (χ0n) is 9.81. The maximum atomic E-state index is 5.08. The fourth-order valence-corrected chi connectivity index (χ4v) is 1.50. The maximum absolute atomic E-state index is 5.08. The van der Waals surface area contributed by atoms with Crippen molar-refractivity contribution in [2.24, 2.45) is 5.92 Å². The predicted octanol–water partition coefficient (Wildman–Crippen LogP) is 1.14. The molecule has 0 aliphatic heterocycles. The van der Waals surface area contributed by atoms with E-state index in [1.807, 2.05) is 16.9 Å². The van der Waals surface area contributed by atoms with Gasteiger partial charge in [-0.2, -0.15) is 5.10 Å². The van der Waals surface area contributed by atoms with Gasteiger partial charge in [-0.1, -0.05) is 6.92 Å². The zero-order valence-corrected chi connectivity index (χ0v) is 9.81. The highest BCUT2D eigenvalue weighted by Crippen LogP contribution is 1.95. The minimum absolute atomic E-state index is 0.434. The van der Waals surface area contributed by atoms with Crippen LogP contribution in [0.25, 0.3) is 0 Å². The first-order valence-corrected chi connectivity index (χ1v) is 5.42. The average Bonchev–Trinajstić information content (AvgIpc) is 2.68. The van der Waals surface area contributed by atoms with E-state index in [0.717, 1.165) is 19.7 Å². The van der Waals surface area contributed by atoms with Crippen molar-refractivity contribution in [2.75, 3.05) is 20.3 Å². The van der Waals surface area contributed by atoms with E-state index in [2.05, 4.69) is 24.3 Å². The molecule has 0 amide bonds. The van der Waals surface area contributed by atoms with Gasteiger partial charge in [0.05, 0.1) is 6.54 Å². The Morgan fingerprint density at radius 2 is 2.27 bits per heavy atom. The number of hydrogen-bond donors (Lipinski definition) is 1. The first-order valence-electron chi connectivity index (χ1n) is 5.42. The molecule has 4 heteroatoms. The lowest BCUT2D eigenvalue weighted by molar-refractivity contribution is 0.156. The summed E-state index contributed by atoms with van der Waals surface area (Å²) >= 11 is 0. The number of hydrogen-bond acceptors (Lipinski definition) is 3. The van der Waals surface area contributed by atoms with E-state index in [9.17, 15) is 0 Å². The van der Waals surface area contributed by atoms with Gasteiger partial charge in [-0.15, -0.1) is 0 Å². The monoisotopic (exact) mass is 211 g/mol. The second-order valence-corrected chi connectivity index (χ2v) is 4.10. The summed E-state index contributed by atoms with van der Waals surface area (Å²) in [6, 6.07) is 2.38. The van der Waals surface area contributed by atoms with Crippen LogP contribution in [0, 0.1) is 5.92 Å². The fourth-order valence-electron chi connectivity index (χ4n) is 1.50. The lowest BCUT2D eigenvalue weighted by Gasteiger charge is -2.17. The smallest absolute Gasteiger partial charge is 0.0559 e. The summed E-state index contributed by atoms with van der Waals surface area (Å²) in [4.78, 5) is 0. The summed E-state index contributed by atoms with van der Waals surface area (Å²) in [5, 5.41) is 7.64. The molecule has 1 heterocycles. The van der Waals surface area contributed by atoms with Gasteiger partial charge in [0.15, 0.2) is 0 Å². The molecule has 2 atom stereocenters. The highest BCUT2D eigenvalue weighted by atomic mass is 16.5. The third-order valence-corrected chi connectivity index (χ3v) is 2.29. The number of rotatable bonds is 7. The predicted molar refractivity (Wildman–Crippen MR) is 60.7 cm³/mol. The van der Waals surface area contributed by atoms with Crippen LogP contribution in [0.5, 0.6) is 0 Å². The van der Waals surface area contributed by atoms with Crippen molar-refractivity contribution in [2.45, 2.75) is 26.4 Å². The van der Waals surface area contributed by atoms with Crippen LogP contribution in [0.1, 0.15) is 13.8 Å². The zero-order chi connectivity index (χ0) is 11.1. The van der Waals surface area contributed by atoms with E-state index in [1.54, 1.807) is 13.3 Å². The summed E-state index contributed by atoms with van der Waals surface area (Å²) in [5.41, 5.74) is 0. The molecule has 0 saturated heterocycles. The Balaban J connectivity index is 2.16. The molecule has 1 aromatic rings. The quantitative estimate of drug-likeness (QED) is 0.735. The van der Waals surface area contributed by atoms with Crippen LogP contribution in [0.2, 0.25) is 0 Å². The summed E-state index contributed by atoms with van der Waals surface area (Å²) in [5.74, 6) is 0.551. The molecule has 0 fully saturated rings. The number of aromatic nitrogens is 2. The van der Waals surface area contributed by atoms with Crippen LogP contribution >= 0.6 is 0 Å². The molecule has 4 nitrogen and oxygen atoms in total. The van der Waals surface area contributed by atoms with E-state index in [4.69, 9.17) is 4.74 Å². The Morgan fingerprint density at radius 1 is 1.47 bits per heavy atom. The van der Waals surface area contributed by atoms with Gasteiger partial charge in [0.1, 0.15) is 0 Å². The molecule has 0 saturated carbocycles. The fraction of sp³-hybridized carbons (Fsp3) is 0.727. The van der Waals surface area contributed by atoms with Crippen LogP contribution < -0.4 is 5.32 Å². The van der Waals surface area contributed by atoms with E-state index in [1.165, 1.54) is 0 Å². The Bertz CT molecular complexity index is 248. The van der Waals surface area contributed by atoms with Gasteiger partial charge in [0.25, 0.3) is 0 Å². The number of ether oxygens (including phenoxy) is 1. The van der Waals surface area contributed by atoms with Gasteiger partial charge in [-0.05, 0) is 18.9 Å². The molecular formula is C11H21N3O. The molecule has 1 N–H and O–H groups in total. The van der Waals surface area contributed by atoms with Crippen LogP contribution in [0.3, 0.4) is 0 Å². The molecule has 1 rings (SSSR count). The van der Waals surface area contributed by atoms with Gasteiger partial charge in [0.2, 0.25) is 0 Å². The number of nitrogens with zero attached hydrogens (tertiary/aromatic N) is 2. The summed E-state index contributed by atoms with van der Waals surface area (Å²) in [6.07, 6.45) is 3.79. The summed E-state index contributed by atoms with van der Waals surface area (Å²) < 4.78 is 7.03. The maximum Gasteiger partial charge on any atom is 0.0559 e. The molecule has 0 aliphatic carbocycles. The van der Waals surface area contributed by atoms with E-state index in [-0.39, 0.29) is 0 Å². The lowest BCUT2D eigenvalue weighted by Crippen LogP contribution is -2.34. The minimum atomic E-state index is 0.434. The van der Waals surface area contributed by atoms with Crippen LogP contribution in [-0.4, -0.2) is 36.1 Å². The van der Waals surface area contributed by atoms with Crippen LogP contribution in [-0.2, 0) is 11.3 Å². The SMILES string of the molecule is COCC(C)CNC(C)Cn1cccn1. The first kappa shape index (κ1) is 12.2. The Labute approximate surface area is 91.6 Å². The highest BCUT2D eigenvalue weighted by Gasteiger charge is 2.05. The number of nitrogens with one attached hydrogen (secondary N) is 1. The molecule has 86 valence electrons. The molecule has 0 aromatic carbocycles. The van der Waals surface area contributed by atoms with Crippen LogP contribution in [0.4, 0.5) is 0 Å². The van der Waals surface area contributed by atoms with Crippen molar-refractivity contribution in [1.29, 1.82) is 0 Å². The van der Waals surface area contributed by atoms with Crippen molar-refractivity contribution in [3.05, 3.63) is 18.5 Å². The topological polar surface area (TPSA) is 39.1 Å². The van der Waals surface area contributed by atoms with Gasteiger partial charge >= 0.3 is 0 Å². The van der Waals surface area contributed by atoms with Gasteiger partial charge in [-0.25, -0.2) is 0 Å². The third kappa shape index (κ3) is 4.95. The molecule has 2 unspecified atom stereocenters. The van der Waals surface area contributed by atoms with Crippen molar-refractivity contribution in [3.8, 4) is 0 Å². The van der Waals surface area contributed by atoms with Crippen molar-refractivity contribution in [3.63, 3.8) is 0 Å². The second kappa shape index (κ2) is 6.58. The van der Waals surface area contributed by atoms with Crippen LogP contribution in [0.15, 0.2) is 18.5 Å². The van der Waals surface area contributed by atoms with Gasteiger partial charge < -0.3 is 10.1 Å². The lowest BCUT2D eigenvalue weighted by atomic mass is 10.2. The molecular weight excluding hydrogens is 190 g/mol. The van der Waals surface area contributed by atoms with Crippen molar-refractivity contribution in [1.82, 2.24) is 15.1 Å². The van der Waals surface area contributed by atoms with Crippen molar-refractivity contribution >= 4 is 0 Å². The van der Waals surface area contributed by atoms with E-state index in [0.29, 0.717) is 12.0 Å². The summed E-state index contributed by atoms with van der Waals surface area (Å²) in [7, 11) is 1.74. The van der Waals surface area contributed by atoms with Gasteiger partial charge in [0, 0.05) is 38.7 Å². The number of methoxy groups -OCH3 is 1. The highest BCUT2D eigenvalue weighted by molar-refractivity contribution is 4.79. The third-order valence-electron chi connectivity index (χ3n) is 2.29. The minimum Gasteiger partial charge on any atom is -0.384 e. The molecule has 0 bridgehead atoms. The Hall–Kier alpha value is -0.870. The summed E-state index contributed by atoms with van der Waals surface area (Å²) in [6.45, 7) is 7.04. The Morgan fingerprint density at radius 3 is 2.87 bits per heavy atom. The second-order valence-electron chi connectivity index (χ2n) is 4.10. The Kier molecular flexibility index (Phi) is 5.36. The van der Waals surface area contributed by atoms with Crippen molar-refractivity contribution < 1.29 is 4.74 Å². The molecule has 0 spiro atoms. The van der Waals surface area contributed by atoms with E-state index >= 15 is 0 Å². The van der Waals surface area contributed by atoms with E-state index < -0.39 is 0 Å².